The molecule has 1 aromatic carbocycles. The molecule has 0 aromatic heterocycles. The van der Waals surface area contributed by atoms with E-state index in [2.05, 4.69) is 18.8 Å². The van der Waals surface area contributed by atoms with Crippen molar-refractivity contribution in [1.82, 2.24) is 4.90 Å². The smallest absolute Gasteiger partial charge is 0.231 e. The Kier molecular flexibility index (Phi) is 7.44. The fraction of sp³-hybridized carbons (Fsp3) is 0.438. The highest BCUT2D eigenvalue weighted by Gasteiger charge is 2.10. The quantitative estimate of drug-likeness (QED) is 0.742. The average molecular weight is 291 g/mol. The number of amides is 1. The van der Waals surface area contributed by atoms with E-state index in [1.54, 1.807) is 12.1 Å². The van der Waals surface area contributed by atoms with Crippen LogP contribution in [-0.4, -0.2) is 30.4 Å². The van der Waals surface area contributed by atoms with Crippen LogP contribution in [0.3, 0.4) is 0 Å². The minimum absolute atomic E-state index is 0.188. The Hall–Kier alpha value is -1.90. The molecule has 0 radical (unpaired) electrons. The van der Waals surface area contributed by atoms with Crippen molar-refractivity contribution in [2.24, 2.45) is 11.5 Å². The Bertz CT molecular complexity index is 534. The van der Waals surface area contributed by atoms with Crippen molar-refractivity contribution >= 4 is 5.91 Å². The first-order valence-corrected chi connectivity index (χ1v) is 7.04. The van der Waals surface area contributed by atoms with Crippen LogP contribution < -0.4 is 11.5 Å². The Morgan fingerprint density at radius 3 is 2.81 bits per heavy atom. The predicted octanol–water partition coefficient (Wildman–Crippen LogP) is 1.22. The van der Waals surface area contributed by atoms with E-state index in [1.807, 2.05) is 4.90 Å². The molecule has 4 nitrogen and oxygen atoms in total. The van der Waals surface area contributed by atoms with E-state index in [1.165, 1.54) is 6.07 Å². The molecule has 0 aliphatic carbocycles. The van der Waals surface area contributed by atoms with Gasteiger partial charge >= 0.3 is 0 Å². The van der Waals surface area contributed by atoms with Gasteiger partial charge in [0.2, 0.25) is 5.91 Å². The summed E-state index contributed by atoms with van der Waals surface area (Å²) in [6, 6.07) is 4.78. The van der Waals surface area contributed by atoms with E-state index in [0.717, 1.165) is 24.9 Å². The normalized spacial score (nSPS) is 10.3. The summed E-state index contributed by atoms with van der Waals surface area (Å²) in [5.74, 6) is 4.62. The molecular weight excluding hydrogens is 269 g/mol. The molecule has 0 spiro atoms. The Balaban J connectivity index is 2.84. The van der Waals surface area contributed by atoms with Crippen LogP contribution in [0.1, 0.15) is 30.9 Å². The summed E-state index contributed by atoms with van der Waals surface area (Å²) in [6.07, 6.45) is 2.01. The summed E-state index contributed by atoms with van der Waals surface area (Å²) in [7, 11) is 0. The van der Waals surface area contributed by atoms with Gasteiger partial charge in [-0.2, -0.15) is 0 Å². The number of carbonyl (C=O) groups is 1. The molecular formula is C16H22FN3O. The summed E-state index contributed by atoms with van der Waals surface area (Å²) in [4.78, 5) is 13.1. The molecule has 1 aromatic rings. The highest BCUT2D eigenvalue weighted by molar-refractivity contribution is 5.75. The van der Waals surface area contributed by atoms with Gasteiger partial charge in [-0.1, -0.05) is 31.3 Å². The van der Waals surface area contributed by atoms with E-state index in [9.17, 15) is 9.18 Å². The number of benzene rings is 1. The molecule has 1 rings (SSSR count). The predicted molar refractivity (Wildman–Crippen MR) is 81.7 cm³/mol. The SMILES string of the molecule is CCCCN(CC(N)=O)Cc1ccc(F)c(C#CCN)c1. The molecule has 114 valence electrons. The third-order valence-corrected chi connectivity index (χ3v) is 2.97. The van der Waals surface area contributed by atoms with Gasteiger partial charge in [-0.25, -0.2) is 4.39 Å². The maximum absolute atomic E-state index is 13.6. The number of unbranched alkanes of at least 4 members (excludes halogenated alkanes) is 1. The molecule has 1 amide bonds. The average Bonchev–Trinajstić information content (AvgIpc) is 2.44. The lowest BCUT2D eigenvalue weighted by molar-refractivity contribution is -0.119. The first kappa shape index (κ1) is 17.2. The molecule has 5 heteroatoms. The fourth-order valence-corrected chi connectivity index (χ4v) is 1.99. The monoisotopic (exact) mass is 291 g/mol. The molecule has 0 aliphatic heterocycles. The van der Waals surface area contributed by atoms with Gasteiger partial charge in [-0.15, -0.1) is 0 Å². The number of rotatable bonds is 7. The van der Waals surface area contributed by atoms with Gasteiger partial charge in [0.25, 0.3) is 0 Å². The highest BCUT2D eigenvalue weighted by Crippen LogP contribution is 2.12. The highest BCUT2D eigenvalue weighted by atomic mass is 19.1. The van der Waals surface area contributed by atoms with Gasteiger partial charge < -0.3 is 11.5 Å². The van der Waals surface area contributed by atoms with Crippen LogP contribution in [-0.2, 0) is 11.3 Å². The van der Waals surface area contributed by atoms with Gasteiger partial charge in [0.1, 0.15) is 5.82 Å². The topological polar surface area (TPSA) is 72.3 Å². The number of carbonyl (C=O) groups excluding carboxylic acids is 1. The van der Waals surface area contributed by atoms with Crippen LogP contribution in [0.2, 0.25) is 0 Å². The first-order chi connectivity index (χ1) is 10.1. The zero-order valence-corrected chi connectivity index (χ0v) is 12.4. The van der Waals surface area contributed by atoms with E-state index in [-0.39, 0.29) is 24.8 Å². The van der Waals surface area contributed by atoms with Gasteiger partial charge in [-0.05, 0) is 30.7 Å². The van der Waals surface area contributed by atoms with Crippen LogP contribution in [0.5, 0.6) is 0 Å². The fourth-order valence-electron chi connectivity index (χ4n) is 1.99. The van der Waals surface area contributed by atoms with E-state index in [0.29, 0.717) is 12.1 Å². The maximum Gasteiger partial charge on any atom is 0.231 e. The van der Waals surface area contributed by atoms with Crippen molar-refractivity contribution in [2.45, 2.75) is 26.3 Å². The number of hydrogen-bond acceptors (Lipinski definition) is 3. The molecule has 4 N–H and O–H groups in total. The summed E-state index contributed by atoms with van der Waals surface area (Å²) < 4.78 is 13.6. The molecule has 0 saturated heterocycles. The summed E-state index contributed by atoms with van der Waals surface area (Å²) in [6.45, 7) is 3.79. The van der Waals surface area contributed by atoms with Gasteiger partial charge in [-0.3, -0.25) is 9.69 Å². The van der Waals surface area contributed by atoms with Crippen LogP contribution in [0.25, 0.3) is 0 Å². The van der Waals surface area contributed by atoms with E-state index in [4.69, 9.17) is 11.5 Å². The first-order valence-electron chi connectivity index (χ1n) is 7.04. The number of halogens is 1. The van der Waals surface area contributed by atoms with Crippen molar-refractivity contribution in [3.63, 3.8) is 0 Å². The van der Waals surface area contributed by atoms with Crippen molar-refractivity contribution in [1.29, 1.82) is 0 Å². The van der Waals surface area contributed by atoms with Crippen molar-refractivity contribution in [2.75, 3.05) is 19.6 Å². The second kappa shape index (κ2) is 9.11. The van der Waals surface area contributed by atoms with Crippen LogP contribution in [0, 0.1) is 17.7 Å². The third kappa shape index (κ3) is 6.39. The second-order valence-corrected chi connectivity index (χ2v) is 4.85. The standard InChI is InChI=1S/C16H22FN3O/c1-2-3-9-20(12-16(19)21)11-13-6-7-15(17)14(10-13)5-4-8-18/h6-7,10H,2-3,8-9,11-12,18H2,1H3,(H2,19,21). The lowest BCUT2D eigenvalue weighted by Crippen LogP contribution is -2.34. The van der Waals surface area contributed by atoms with Crippen molar-refractivity contribution in [3.05, 3.63) is 35.1 Å². The number of hydrogen-bond donors (Lipinski definition) is 2. The van der Waals surface area contributed by atoms with Crippen molar-refractivity contribution in [3.8, 4) is 11.8 Å². The van der Waals surface area contributed by atoms with E-state index >= 15 is 0 Å². The molecule has 0 bridgehead atoms. The molecule has 21 heavy (non-hydrogen) atoms. The summed E-state index contributed by atoms with van der Waals surface area (Å²) in [5.41, 5.74) is 11.8. The van der Waals surface area contributed by atoms with Gasteiger partial charge in [0, 0.05) is 6.54 Å². The zero-order chi connectivity index (χ0) is 15.7. The molecule has 0 heterocycles. The second-order valence-electron chi connectivity index (χ2n) is 4.85. The lowest BCUT2D eigenvalue weighted by Gasteiger charge is -2.20. The third-order valence-electron chi connectivity index (χ3n) is 2.97. The minimum atomic E-state index is -0.366. The lowest BCUT2D eigenvalue weighted by atomic mass is 10.1. The minimum Gasteiger partial charge on any atom is -0.369 e. The van der Waals surface area contributed by atoms with Crippen LogP contribution >= 0.6 is 0 Å². The summed E-state index contributed by atoms with van der Waals surface area (Å²) in [5, 5.41) is 0. The Morgan fingerprint density at radius 2 is 2.19 bits per heavy atom. The van der Waals surface area contributed by atoms with Crippen LogP contribution in [0.4, 0.5) is 4.39 Å². The molecule has 0 atom stereocenters. The molecule has 0 saturated carbocycles. The van der Waals surface area contributed by atoms with Gasteiger partial charge in [0.05, 0.1) is 18.7 Å². The maximum atomic E-state index is 13.6. The molecule has 0 aliphatic rings. The Labute approximate surface area is 125 Å². The Morgan fingerprint density at radius 1 is 1.43 bits per heavy atom. The number of primary amides is 1. The molecule has 0 unspecified atom stereocenters. The van der Waals surface area contributed by atoms with Gasteiger partial charge in [0.15, 0.2) is 0 Å². The van der Waals surface area contributed by atoms with Crippen molar-refractivity contribution < 1.29 is 9.18 Å². The molecule has 0 fully saturated rings. The summed E-state index contributed by atoms with van der Waals surface area (Å²) >= 11 is 0. The number of nitrogens with two attached hydrogens (primary N) is 2. The zero-order valence-electron chi connectivity index (χ0n) is 12.4. The number of nitrogens with zero attached hydrogens (tertiary/aromatic N) is 1. The van der Waals surface area contributed by atoms with E-state index < -0.39 is 0 Å². The largest absolute Gasteiger partial charge is 0.369 e. The van der Waals surface area contributed by atoms with Crippen LogP contribution in [0.15, 0.2) is 18.2 Å².